The Kier molecular flexibility index (Phi) is 6.84. The van der Waals surface area contributed by atoms with Crippen LogP contribution >= 0.6 is 0 Å². The van der Waals surface area contributed by atoms with Crippen LogP contribution in [0.2, 0.25) is 0 Å². The topological polar surface area (TPSA) is 92.5 Å². The number of nitrogens with two attached hydrogens (primary N) is 1. The van der Waals surface area contributed by atoms with Crippen LogP contribution in [-0.4, -0.2) is 32.3 Å². The zero-order valence-electron chi connectivity index (χ0n) is 16.6. The Morgan fingerprint density at radius 3 is 2.33 bits per heavy atom. The molecule has 30 heavy (non-hydrogen) atoms. The highest BCUT2D eigenvalue weighted by molar-refractivity contribution is 7.89. The standard InChI is InChI=1S/C21H25F2N3O3S/c1-2-20(18-8-3-15(22)13-19(18)23)26-11-9-14(10-12-26)21(27)25-16-4-6-17(7-5-16)30(24,28)29/h3-8,13-14,20H,2,9-12H2,1H3,(H,25,27)(H2,24,28,29). The highest BCUT2D eigenvalue weighted by Crippen LogP contribution is 2.31. The first-order chi connectivity index (χ1) is 14.2. The number of halogens is 2. The molecule has 1 amide bonds. The van der Waals surface area contributed by atoms with E-state index >= 15 is 0 Å². The molecule has 0 bridgehead atoms. The van der Waals surface area contributed by atoms with E-state index in [0.717, 1.165) is 6.07 Å². The number of nitrogens with zero attached hydrogens (tertiary/aromatic N) is 1. The van der Waals surface area contributed by atoms with Crippen molar-refractivity contribution in [1.82, 2.24) is 4.90 Å². The van der Waals surface area contributed by atoms with Crippen LogP contribution in [0.3, 0.4) is 0 Å². The first-order valence-corrected chi connectivity index (χ1v) is 11.4. The zero-order valence-corrected chi connectivity index (χ0v) is 17.5. The van der Waals surface area contributed by atoms with Crippen molar-refractivity contribution in [3.05, 3.63) is 59.7 Å². The molecular weight excluding hydrogens is 412 g/mol. The quantitative estimate of drug-likeness (QED) is 0.724. The predicted octanol–water partition coefficient (Wildman–Crippen LogP) is 3.41. The summed E-state index contributed by atoms with van der Waals surface area (Å²) < 4.78 is 50.1. The van der Waals surface area contributed by atoms with E-state index in [0.29, 0.717) is 43.6 Å². The number of rotatable bonds is 6. The lowest BCUT2D eigenvalue weighted by Crippen LogP contribution is -2.40. The summed E-state index contributed by atoms with van der Waals surface area (Å²) >= 11 is 0. The van der Waals surface area contributed by atoms with Crippen LogP contribution in [-0.2, 0) is 14.8 Å². The first kappa shape index (κ1) is 22.3. The van der Waals surface area contributed by atoms with Crippen LogP contribution in [0.15, 0.2) is 47.4 Å². The highest BCUT2D eigenvalue weighted by Gasteiger charge is 2.30. The molecule has 1 unspecified atom stereocenters. The monoisotopic (exact) mass is 437 g/mol. The van der Waals surface area contributed by atoms with Gasteiger partial charge < -0.3 is 5.32 Å². The smallest absolute Gasteiger partial charge is 0.238 e. The molecule has 1 atom stereocenters. The number of hydrogen-bond donors (Lipinski definition) is 2. The van der Waals surface area contributed by atoms with E-state index in [-0.39, 0.29) is 22.8 Å². The summed E-state index contributed by atoms with van der Waals surface area (Å²) in [4.78, 5) is 14.7. The molecule has 0 radical (unpaired) electrons. The van der Waals surface area contributed by atoms with Crippen molar-refractivity contribution in [2.75, 3.05) is 18.4 Å². The number of sulfonamides is 1. The molecule has 0 aliphatic carbocycles. The van der Waals surface area contributed by atoms with Crippen LogP contribution in [0.25, 0.3) is 0 Å². The molecule has 3 N–H and O–H groups in total. The third-order valence-electron chi connectivity index (χ3n) is 5.50. The number of likely N-dealkylation sites (tertiary alicyclic amines) is 1. The van der Waals surface area contributed by atoms with Gasteiger partial charge >= 0.3 is 0 Å². The Morgan fingerprint density at radius 2 is 1.80 bits per heavy atom. The maximum atomic E-state index is 14.2. The van der Waals surface area contributed by atoms with Crippen molar-refractivity contribution in [2.24, 2.45) is 11.1 Å². The molecule has 3 rings (SSSR count). The molecule has 0 aromatic heterocycles. The molecular formula is C21H25F2N3O3S. The van der Waals surface area contributed by atoms with E-state index in [1.807, 2.05) is 6.92 Å². The second-order valence-electron chi connectivity index (χ2n) is 7.46. The molecule has 6 nitrogen and oxygen atoms in total. The fraction of sp³-hybridized carbons (Fsp3) is 0.381. The Hall–Kier alpha value is -2.36. The average molecular weight is 438 g/mol. The minimum atomic E-state index is -3.78. The average Bonchev–Trinajstić information content (AvgIpc) is 2.70. The summed E-state index contributed by atoms with van der Waals surface area (Å²) in [6, 6.07) is 9.17. The number of piperidine rings is 1. The summed E-state index contributed by atoms with van der Waals surface area (Å²) in [6.45, 7) is 3.20. The SMILES string of the molecule is CCC(c1ccc(F)cc1F)N1CCC(C(=O)Nc2ccc(S(N)(=O)=O)cc2)CC1. The van der Waals surface area contributed by atoms with E-state index < -0.39 is 21.7 Å². The van der Waals surface area contributed by atoms with Gasteiger partial charge in [0, 0.05) is 29.3 Å². The van der Waals surface area contributed by atoms with Gasteiger partial charge in [0.1, 0.15) is 11.6 Å². The number of primary sulfonamides is 1. The number of carbonyl (C=O) groups excluding carboxylic acids is 1. The largest absolute Gasteiger partial charge is 0.326 e. The molecule has 0 saturated carbocycles. The maximum Gasteiger partial charge on any atom is 0.238 e. The lowest BCUT2D eigenvalue weighted by atomic mass is 9.92. The van der Waals surface area contributed by atoms with Gasteiger partial charge in [-0.3, -0.25) is 9.69 Å². The Balaban J connectivity index is 1.59. The third kappa shape index (κ3) is 5.21. The maximum absolute atomic E-state index is 14.2. The lowest BCUT2D eigenvalue weighted by molar-refractivity contribution is -0.121. The molecule has 1 aliphatic heterocycles. The molecule has 1 heterocycles. The van der Waals surface area contributed by atoms with Gasteiger partial charge in [-0.1, -0.05) is 13.0 Å². The molecule has 2 aromatic rings. The summed E-state index contributed by atoms with van der Waals surface area (Å²) in [5, 5.41) is 7.87. The number of hydrogen-bond acceptors (Lipinski definition) is 4. The number of amides is 1. The lowest BCUT2D eigenvalue weighted by Gasteiger charge is -2.37. The van der Waals surface area contributed by atoms with Crippen molar-refractivity contribution in [2.45, 2.75) is 37.1 Å². The molecule has 1 aliphatic rings. The normalized spacial score (nSPS) is 16.9. The van der Waals surface area contributed by atoms with Crippen molar-refractivity contribution in [1.29, 1.82) is 0 Å². The molecule has 1 fully saturated rings. The van der Waals surface area contributed by atoms with Crippen LogP contribution in [0.4, 0.5) is 14.5 Å². The van der Waals surface area contributed by atoms with Gasteiger partial charge in [-0.25, -0.2) is 22.3 Å². The molecule has 162 valence electrons. The molecule has 2 aromatic carbocycles. The minimum Gasteiger partial charge on any atom is -0.326 e. The summed E-state index contributed by atoms with van der Waals surface area (Å²) in [7, 11) is -3.78. The minimum absolute atomic E-state index is 0.0209. The Morgan fingerprint density at radius 1 is 1.17 bits per heavy atom. The molecule has 1 saturated heterocycles. The van der Waals surface area contributed by atoms with Gasteiger partial charge in [0.15, 0.2) is 0 Å². The van der Waals surface area contributed by atoms with E-state index in [2.05, 4.69) is 10.2 Å². The number of anilines is 1. The van der Waals surface area contributed by atoms with Gasteiger partial charge in [0.25, 0.3) is 0 Å². The molecule has 9 heteroatoms. The van der Waals surface area contributed by atoms with Gasteiger partial charge in [0.05, 0.1) is 4.90 Å². The zero-order chi connectivity index (χ0) is 21.9. The fourth-order valence-corrected chi connectivity index (χ4v) is 4.41. The number of carbonyl (C=O) groups is 1. The van der Waals surface area contributed by atoms with Crippen LogP contribution in [0.1, 0.15) is 37.8 Å². The first-order valence-electron chi connectivity index (χ1n) is 9.81. The van der Waals surface area contributed by atoms with Crippen molar-refractivity contribution in [3.8, 4) is 0 Å². The second kappa shape index (κ2) is 9.20. The van der Waals surface area contributed by atoms with Gasteiger partial charge in [-0.2, -0.15) is 0 Å². The van der Waals surface area contributed by atoms with Gasteiger partial charge in [0.2, 0.25) is 15.9 Å². The van der Waals surface area contributed by atoms with Crippen LogP contribution in [0, 0.1) is 17.6 Å². The Bertz CT molecular complexity index is 1000. The summed E-state index contributed by atoms with van der Waals surface area (Å²) in [5.74, 6) is -1.49. The fourth-order valence-electron chi connectivity index (χ4n) is 3.89. The van der Waals surface area contributed by atoms with Crippen molar-refractivity contribution < 1.29 is 22.0 Å². The van der Waals surface area contributed by atoms with Crippen LogP contribution in [0.5, 0.6) is 0 Å². The van der Waals surface area contributed by atoms with E-state index in [4.69, 9.17) is 5.14 Å². The second-order valence-corrected chi connectivity index (χ2v) is 9.02. The highest BCUT2D eigenvalue weighted by atomic mass is 32.2. The van der Waals surface area contributed by atoms with Crippen LogP contribution < -0.4 is 10.5 Å². The Labute approximate surface area is 175 Å². The number of nitrogens with one attached hydrogen (secondary N) is 1. The third-order valence-corrected chi connectivity index (χ3v) is 6.43. The van der Waals surface area contributed by atoms with Crippen molar-refractivity contribution >= 4 is 21.6 Å². The van der Waals surface area contributed by atoms with Gasteiger partial charge in [-0.05, 0) is 62.7 Å². The number of benzene rings is 2. The summed E-state index contributed by atoms with van der Waals surface area (Å²) in [6.07, 6.45) is 1.90. The van der Waals surface area contributed by atoms with Gasteiger partial charge in [-0.15, -0.1) is 0 Å². The van der Waals surface area contributed by atoms with Crippen molar-refractivity contribution in [3.63, 3.8) is 0 Å². The van der Waals surface area contributed by atoms with E-state index in [1.165, 1.54) is 36.4 Å². The van der Waals surface area contributed by atoms with E-state index in [9.17, 15) is 22.0 Å². The molecule has 0 spiro atoms. The predicted molar refractivity (Wildman–Crippen MR) is 110 cm³/mol. The summed E-state index contributed by atoms with van der Waals surface area (Å²) in [5.41, 5.74) is 0.964. The van der Waals surface area contributed by atoms with E-state index in [1.54, 1.807) is 0 Å².